The summed E-state index contributed by atoms with van der Waals surface area (Å²) in [5.41, 5.74) is -2.23. The first kappa shape index (κ1) is 12.1. The van der Waals surface area contributed by atoms with E-state index in [1.54, 1.807) is 0 Å². The Kier molecular flexibility index (Phi) is 3.23. The Labute approximate surface area is 96.6 Å². The van der Waals surface area contributed by atoms with Gasteiger partial charge < -0.3 is 10.2 Å². The van der Waals surface area contributed by atoms with E-state index in [1.165, 1.54) is 0 Å². The van der Waals surface area contributed by atoms with E-state index in [2.05, 4.69) is 15.9 Å². The number of rotatable bonds is 3. The molecule has 0 aliphatic heterocycles. The highest BCUT2D eigenvalue weighted by Gasteiger charge is 2.27. The monoisotopic (exact) mass is 289 g/mol. The number of carbonyl (C=O) groups is 2. The fraction of sp³-hybridized carbons (Fsp3) is 0. The van der Waals surface area contributed by atoms with Crippen molar-refractivity contribution in [2.24, 2.45) is 0 Å². The minimum Gasteiger partial charge on any atom is -0.478 e. The molecule has 0 aliphatic rings. The average Bonchev–Trinajstić information content (AvgIpc) is 2.15. The summed E-state index contributed by atoms with van der Waals surface area (Å²) in [6, 6.07) is 1.94. The van der Waals surface area contributed by atoms with Crippen LogP contribution >= 0.6 is 15.9 Å². The number of nitro groups is 1. The number of halogens is 1. The van der Waals surface area contributed by atoms with Gasteiger partial charge in [-0.15, -0.1) is 0 Å². The molecule has 2 N–H and O–H groups in total. The molecule has 16 heavy (non-hydrogen) atoms. The molecule has 0 saturated heterocycles. The van der Waals surface area contributed by atoms with Gasteiger partial charge in [0.15, 0.2) is 5.56 Å². The summed E-state index contributed by atoms with van der Waals surface area (Å²) in [5, 5.41) is 28.1. The van der Waals surface area contributed by atoms with Gasteiger partial charge in [-0.05, 0) is 6.07 Å². The molecular weight excluding hydrogens is 286 g/mol. The number of aromatic carboxylic acids is 2. The Morgan fingerprint density at radius 1 is 1.25 bits per heavy atom. The molecule has 0 atom stereocenters. The highest BCUT2D eigenvalue weighted by Crippen LogP contribution is 2.27. The lowest BCUT2D eigenvalue weighted by Gasteiger charge is -2.03. The number of benzene rings is 1. The Bertz CT molecular complexity index is 462. The highest BCUT2D eigenvalue weighted by atomic mass is 79.9. The first-order valence-corrected chi connectivity index (χ1v) is 4.58. The Hall–Kier alpha value is -1.96. The van der Waals surface area contributed by atoms with E-state index in [4.69, 9.17) is 10.2 Å². The molecule has 0 aromatic heterocycles. The fourth-order valence-corrected chi connectivity index (χ4v) is 1.58. The number of nitrogens with zero attached hydrogens (tertiary/aromatic N) is 1. The summed E-state index contributed by atoms with van der Waals surface area (Å²) in [6.07, 6.45) is 0. The van der Waals surface area contributed by atoms with Crippen LogP contribution in [0.3, 0.4) is 0 Å². The van der Waals surface area contributed by atoms with Gasteiger partial charge in [0.25, 0.3) is 5.69 Å². The van der Waals surface area contributed by atoms with Crippen LogP contribution in [0.5, 0.6) is 0 Å². The molecule has 0 bridgehead atoms. The van der Waals surface area contributed by atoms with E-state index >= 15 is 0 Å². The molecule has 0 aliphatic carbocycles. The van der Waals surface area contributed by atoms with Crippen molar-refractivity contribution in [3.63, 3.8) is 0 Å². The fourth-order valence-electron chi connectivity index (χ4n) is 1.13. The Morgan fingerprint density at radius 3 is 2.19 bits per heavy atom. The van der Waals surface area contributed by atoms with E-state index in [9.17, 15) is 19.7 Å². The summed E-state index contributed by atoms with van der Waals surface area (Å²) < 4.78 is 0.126. The number of carboxylic acid groups (broad SMARTS) is 2. The summed E-state index contributed by atoms with van der Waals surface area (Å²) in [5.74, 6) is -3.20. The van der Waals surface area contributed by atoms with Crippen LogP contribution in [-0.4, -0.2) is 27.1 Å². The lowest BCUT2D eigenvalue weighted by Crippen LogP contribution is -2.11. The van der Waals surface area contributed by atoms with Crippen molar-refractivity contribution in [1.82, 2.24) is 0 Å². The van der Waals surface area contributed by atoms with Crippen LogP contribution in [-0.2, 0) is 0 Å². The number of carboxylic acids is 2. The first-order chi connectivity index (χ1) is 7.34. The predicted molar refractivity (Wildman–Crippen MR) is 54.7 cm³/mol. The van der Waals surface area contributed by atoms with Gasteiger partial charge in [0.1, 0.15) is 0 Å². The van der Waals surface area contributed by atoms with Gasteiger partial charge in [0.2, 0.25) is 0 Å². The van der Waals surface area contributed by atoms with Crippen molar-refractivity contribution >= 4 is 33.6 Å². The topological polar surface area (TPSA) is 118 Å². The van der Waals surface area contributed by atoms with Gasteiger partial charge in [-0.3, -0.25) is 10.1 Å². The van der Waals surface area contributed by atoms with Gasteiger partial charge in [-0.2, -0.15) is 0 Å². The van der Waals surface area contributed by atoms with Crippen molar-refractivity contribution in [1.29, 1.82) is 0 Å². The van der Waals surface area contributed by atoms with E-state index in [-0.39, 0.29) is 4.47 Å². The van der Waals surface area contributed by atoms with Gasteiger partial charge in [-0.25, -0.2) is 9.59 Å². The molecule has 7 nitrogen and oxygen atoms in total. The SMILES string of the molecule is O=C(O)c1cc(Br)cc([N+](=O)[O-])c1C(=O)O. The summed E-state index contributed by atoms with van der Waals surface area (Å²) in [6.45, 7) is 0. The van der Waals surface area contributed by atoms with Crippen LogP contribution in [0.2, 0.25) is 0 Å². The number of nitro benzene ring substituents is 1. The standard InChI is InChI=1S/C8H4BrNO6/c9-3-1-4(7(11)12)6(8(13)14)5(2-3)10(15)16/h1-2H,(H,11,12)(H,13,14). The zero-order valence-corrected chi connectivity index (χ0v) is 9.09. The smallest absolute Gasteiger partial charge is 0.343 e. The second-order valence-corrected chi connectivity index (χ2v) is 3.63. The Balaban J connectivity index is 3.67. The molecule has 0 heterocycles. The van der Waals surface area contributed by atoms with Crippen LogP contribution in [0, 0.1) is 10.1 Å². The van der Waals surface area contributed by atoms with Gasteiger partial charge >= 0.3 is 11.9 Å². The van der Waals surface area contributed by atoms with Crippen molar-refractivity contribution in [3.8, 4) is 0 Å². The molecule has 0 unspecified atom stereocenters. The third-order valence-corrected chi connectivity index (χ3v) is 2.18. The van der Waals surface area contributed by atoms with E-state index in [0.717, 1.165) is 12.1 Å². The average molecular weight is 290 g/mol. The van der Waals surface area contributed by atoms with Crippen molar-refractivity contribution in [2.75, 3.05) is 0 Å². The highest BCUT2D eigenvalue weighted by molar-refractivity contribution is 9.10. The number of hydrogen-bond acceptors (Lipinski definition) is 4. The van der Waals surface area contributed by atoms with Crippen LogP contribution in [0.15, 0.2) is 16.6 Å². The minimum atomic E-state index is -1.66. The van der Waals surface area contributed by atoms with Crippen LogP contribution in [0.4, 0.5) is 5.69 Å². The lowest BCUT2D eigenvalue weighted by molar-refractivity contribution is -0.385. The largest absolute Gasteiger partial charge is 0.478 e. The van der Waals surface area contributed by atoms with Crippen LogP contribution in [0.25, 0.3) is 0 Å². The second-order valence-electron chi connectivity index (χ2n) is 2.71. The molecule has 1 rings (SSSR count). The molecule has 0 radical (unpaired) electrons. The van der Waals surface area contributed by atoms with E-state index < -0.39 is 33.7 Å². The maximum atomic E-state index is 10.8. The summed E-state index contributed by atoms with van der Waals surface area (Å²) in [7, 11) is 0. The van der Waals surface area contributed by atoms with Gasteiger partial charge in [-0.1, -0.05) is 15.9 Å². The molecule has 0 amide bonds. The van der Waals surface area contributed by atoms with Crippen LogP contribution < -0.4 is 0 Å². The summed E-state index contributed by atoms with van der Waals surface area (Å²) in [4.78, 5) is 31.2. The zero-order chi connectivity index (χ0) is 12.5. The molecule has 0 fully saturated rings. The summed E-state index contributed by atoms with van der Waals surface area (Å²) >= 11 is 2.87. The quantitative estimate of drug-likeness (QED) is 0.646. The molecule has 84 valence electrons. The predicted octanol–water partition coefficient (Wildman–Crippen LogP) is 1.75. The lowest BCUT2D eigenvalue weighted by atomic mass is 10.1. The first-order valence-electron chi connectivity index (χ1n) is 3.79. The molecule has 1 aromatic carbocycles. The van der Waals surface area contributed by atoms with Gasteiger partial charge in [0, 0.05) is 10.5 Å². The van der Waals surface area contributed by atoms with E-state index in [0.29, 0.717) is 0 Å². The van der Waals surface area contributed by atoms with Crippen LogP contribution in [0.1, 0.15) is 20.7 Å². The van der Waals surface area contributed by atoms with Crippen molar-refractivity contribution in [2.45, 2.75) is 0 Å². The third-order valence-electron chi connectivity index (χ3n) is 1.72. The Morgan fingerprint density at radius 2 is 1.81 bits per heavy atom. The van der Waals surface area contributed by atoms with Crippen molar-refractivity contribution in [3.05, 3.63) is 37.8 Å². The molecule has 0 saturated carbocycles. The maximum absolute atomic E-state index is 10.8. The number of hydrogen-bond donors (Lipinski definition) is 2. The van der Waals surface area contributed by atoms with E-state index in [1.807, 2.05) is 0 Å². The normalized spacial score (nSPS) is 9.81. The molecule has 0 spiro atoms. The molecule has 1 aromatic rings. The molecule has 8 heteroatoms. The minimum absolute atomic E-state index is 0.126. The molecular formula is C8H4BrNO6. The third kappa shape index (κ3) is 2.16. The zero-order valence-electron chi connectivity index (χ0n) is 7.51. The van der Waals surface area contributed by atoms with Crippen molar-refractivity contribution < 1.29 is 24.7 Å². The second kappa shape index (κ2) is 4.27. The van der Waals surface area contributed by atoms with Gasteiger partial charge in [0.05, 0.1) is 10.5 Å². The maximum Gasteiger partial charge on any atom is 0.343 e.